The molecule has 0 radical (unpaired) electrons. The normalized spacial score (nSPS) is 9.74. The molecule has 0 saturated heterocycles. The summed E-state index contributed by atoms with van der Waals surface area (Å²) in [5.74, 6) is 0.0485. The van der Waals surface area contributed by atoms with Crippen LogP contribution in [0.2, 0.25) is 0 Å². The van der Waals surface area contributed by atoms with E-state index in [-0.39, 0.29) is 19.0 Å². The zero-order chi connectivity index (χ0) is 14.3. The molecule has 3 amide bonds. The van der Waals surface area contributed by atoms with Crippen molar-refractivity contribution in [2.45, 2.75) is 6.92 Å². The van der Waals surface area contributed by atoms with Gasteiger partial charge in [-0.15, -0.1) is 0 Å². The summed E-state index contributed by atoms with van der Waals surface area (Å²) in [6.45, 7) is 2.75. The second-order valence-electron chi connectivity index (χ2n) is 3.70. The Bertz CT molecular complexity index is 462. The van der Waals surface area contributed by atoms with Crippen molar-refractivity contribution in [2.75, 3.05) is 25.4 Å². The molecule has 0 aliphatic heterocycles. The Labute approximate surface area is 111 Å². The largest absolute Gasteiger partial charge is 0.491 e. The lowest BCUT2D eigenvalue weighted by atomic mass is 10.1. The highest BCUT2D eigenvalue weighted by Gasteiger charge is 2.14. The number of primary amides is 1. The summed E-state index contributed by atoms with van der Waals surface area (Å²) in [4.78, 5) is 22.4. The number of hydrogen-bond acceptors (Lipinski definition) is 4. The number of anilines is 1. The lowest BCUT2D eigenvalue weighted by Gasteiger charge is -2.12. The van der Waals surface area contributed by atoms with E-state index in [1.165, 1.54) is 0 Å². The Morgan fingerprint density at radius 1 is 1.26 bits per heavy atom. The molecule has 0 unspecified atom stereocenters. The van der Waals surface area contributed by atoms with Crippen LogP contribution >= 0.6 is 0 Å². The van der Waals surface area contributed by atoms with Gasteiger partial charge in [-0.3, -0.25) is 4.79 Å². The van der Waals surface area contributed by atoms with Gasteiger partial charge < -0.3 is 26.8 Å². The number of para-hydroxylation sites is 1. The molecule has 0 saturated carbocycles. The number of rotatable bonds is 6. The van der Waals surface area contributed by atoms with Crippen LogP contribution in [0.1, 0.15) is 17.3 Å². The minimum absolute atomic E-state index is 0.257. The zero-order valence-corrected chi connectivity index (χ0v) is 10.7. The first-order chi connectivity index (χ1) is 9.06. The average Bonchev–Trinajstić information content (AvgIpc) is 2.36. The van der Waals surface area contributed by atoms with Crippen molar-refractivity contribution >= 4 is 17.6 Å². The Balaban J connectivity index is 2.66. The summed E-state index contributed by atoms with van der Waals surface area (Å²) < 4.78 is 5.36. The van der Waals surface area contributed by atoms with Crippen molar-refractivity contribution in [2.24, 2.45) is 5.73 Å². The van der Waals surface area contributed by atoms with Gasteiger partial charge in [0.15, 0.2) is 5.75 Å². The predicted molar refractivity (Wildman–Crippen MR) is 71.9 cm³/mol. The average molecular weight is 266 g/mol. The van der Waals surface area contributed by atoms with Gasteiger partial charge in [-0.25, -0.2) is 4.79 Å². The van der Waals surface area contributed by atoms with E-state index in [0.29, 0.717) is 23.6 Å². The number of nitrogens with two attached hydrogens (primary N) is 2. The van der Waals surface area contributed by atoms with Gasteiger partial charge in [0.2, 0.25) is 0 Å². The van der Waals surface area contributed by atoms with E-state index in [1.54, 1.807) is 18.2 Å². The van der Waals surface area contributed by atoms with Gasteiger partial charge >= 0.3 is 6.03 Å². The van der Waals surface area contributed by atoms with Crippen molar-refractivity contribution in [3.8, 4) is 5.75 Å². The Hall–Kier alpha value is -2.44. The summed E-state index contributed by atoms with van der Waals surface area (Å²) in [5.41, 5.74) is 11.4. The molecule has 1 aromatic carbocycles. The van der Waals surface area contributed by atoms with E-state index in [1.807, 2.05) is 6.92 Å². The summed E-state index contributed by atoms with van der Waals surface area (Å²) in [6, 6.07) is 4.33. The van der Waals surface area contributed by atoms with Crippen molar-refractivity contribution in [3.63, 3.8) is 0 Å². The third-order valence-corrected chi connectivity index (χ3v) is 2.29. The van der Waals surface area contributed by atoms with Gasteiger partial charge in [-0.1, -0.05) is 6.07 Å². The fourth-order valence-corrected chi connectivity index (χ4v) is 1.50. The monoisotopic (exact) mass is 266 g/mol. The highest BCUT2D eigenvalue weighted by molar-refractivity contribution is 5.98. The van der Waals surface area contributed by atoms with Crippen molar-refractivity contribution in [1.29, 1.82) is 0 Å². The van der Waals surface area contributed by atoms with Crippen LogP contribution in [0.4, 0.5) is 10.5 Å². The molecule has 7 nitrogen and oxygen atoms in total. The van der Waals surface area contributed by atoms with Crippen LogP contribution in [0.15, 0.2) is 18.2 Å². The zero-order valence-electron chi connectivity index (χ0n) is 10.7. The van der Waals surface area contributed by atoms with Crippen LogP contribution in [0.5, 0.6) is 5.75 Å². The number of carbonyl (C=O) groups is 2. The van der Waals surface area contributed by atoms with Crippen molar-refractivity contribution in [3.05, 3.63) is 23.8 Å². The second-order valence-corrected chi connectivity index (χ2v) is 3.70. The number of carbonyl (C=O) groups excluding carboxylic acids is 2. The van der Waals surface area contributed by atoms with Gasteiger partial charge in [0, 0.05) is 13.1 Å². The minimum Gasteiger partial charge on any atom is -0.491 e. The highest BCUT2D eigenvalue weighted by atomic mass is 16.5. The van der Waals surface area contributed by atoms with Crippen LogP contribution in [-0.4, -0.2) is 31.6 Å². The Morgan fingerprint density at radius 3 is 2.58 bits per heavy atom. The number of ether oxygens (including phenoxy) is 1. The van der Waals surface area contributed by atoms with Crippen LogP contribution in [0.25, 0.3) is 0 Å². The predicted octanol–water partition coefficient (Wildman–Crippen LogP) is 0.0656. The number of hydrogen-bond donors (Lipinski definition) is 4. The summed E-state index contributed by atoms with van der Waals surface area (Å²) in [7, 11) is 0. The molecule has 0 aliphatic rings. The Kier molecular flexibility index (Phi) is 5.46. The van der Waals surface area contributed by atoms with Crippen LogP contribution in [-0.2, 0) is 0 Å². The molecular weight excluding hydrogens is 248 g/mol. The number of nitrogens with one attached hydrogen (secondary N) is 2. The maximum Gasteiger partial charge on any atom is 0.312 e. The van der Waals surface area contributed by atoms with Crippen LogP contribution < -0.4 is 26.8 Å². The standard InChI is InChI=1S/C12H18N4O3/c1-2-19-10-8(4-3-5-9(10)13)11(17)15-6-7-16-12(14)18/h3-5H,2,6-7,13H2,1H3,(H,15,17)(H3,14,16,18). The molecule has 1 rings (SSSR count). The van der Waals surface area contributed by atoms with Crippen molar-refractivity contribution < 1.29 is 14.3 Å². The molecule has 0 aromatic heterocycles. The van der Waals surface area contributed by atoms with Crippen LogP contribution in [0.3, 0.4) is 0 Å². The van der Waals surface area contributed by atoms with E-state index < -0.39 is 6.03 Å². The lowest BCUT2D eigenvalue weighted by molar-refractivity contribution is 0.0950. The van der Waals surface area contributed by atoms with Gasteiger partial charge in [0.25, 0.3) is 5.91 Å². The number of amides is 3. The molecule has 19 heavy (non-hydrogen) atoms. The fourth-order valence-electron chi connectivity index (χ4n) is 1.50. The number of benzene rings is 1. The van der Waals surface area contributed by atoms with Gasteiger partial charge in [-0.05, 0) is 19.1 Å². The summed E-state index contributed by atoms with van der Waals surface area (Å²) >= 11 is 0. The maximum atomic E-state index is 11.9. The molecular formula is C12H18N4O3. The smallest absolute Gasteiger partial charge is 0.312 e. The van der Waals surface area contributed by atoms with E-state index in [0.717, 1.165) is 0 Å². The molecule has 7 heteroatoms. The van der Waals surface area contributed by atoms with Gasteiger partial charge in [0.1, 0.15) is 0 Å². The molecule has 104 valence electrons. The van der Waals surface area contributed by atoms with E-state index >= 15 is 0 Å². The van der Waals surface area contributed by atoms with Gasteiger partial charge in [0.05, 0.1) is 17.9 Å². The SMILES string of the molecule is CCOc1c(N)cccc1C(=O)NCCNC(N)=O. The lowest BCUT2D eigenvalue weighted by Crippen LogP contribution is -2.37. The first-order valence-corrected chi connectivity index (χ1v) is 5.89. The fraction of sp³-hybridized carbons (Fsp3) is 0.333. The first-order valence-electron chi connectivity index (χ1n) is 5.89. The molecule has 6 N–H and O–H groups in total. The molecule has 0 bridgehead atoms. The minimum atomic E-state index is -0.631. The third-order valence-electron chi connectivity index (χ3n) is 2.29. The van der Waals surface area contributed by atoms with Crippen LogP contribution in [0, 0.1) is 0 Å². The molecule has 0 spiro atoms. The summed E-state index contributed by atoms with van der Waals surface area (Å²) in [5, 5.41) is 5.01. The molecule has 0 atom stereocenters. The second kappa shape index (κ2) is 7.10. The Morgan fingerprint density at radius 2 is 1.95 bits per heavy atom. The van der Waals surface area contributed by atoms with E-state index in [9.17, 15) is 9.59 Å². The number of nitrogen functional groups attached to an aromatic ring is 1. The van der Waals surface area contributed by atoms with Gasteiger partial charge in [-0.2, -0.15) is 0 Å². The molecule has 0 aliphatic carbocycles. The number of urea groups is 1. The summed E-state index contributed by atoms with van der Waals surface area (Å²) in [6.07, 6.45) is 0. The third kappa shape index (κ3) is 4.38. The molecule has 1 aromatic rings. The first kappa shape index (κ1) is 14.6. The highest BCUT2D eigenvalue weighted by Crippen LogP contribution is 2.26. The quantitative estimate of drug-likeness (QED) is 0.430. The van der Waals surface area contributed by atoms with E-state index in [4.69, 9.17) is 16.2 Å². The molecule has 0 heterocycles. The van der Waals surface area contributed by atoms with Crippen molar-refractivity contribution in [1.82, 2.24) is 10.6 Å². The topological polar surface area (TPSA) is 119 Å². The molecule has 0 fully saturated rings. The van der Waals surface area contributed by atoms with E-state index in [2.05, 4.69) is 10.6 Å². The maximum absolute atomic E-state index is 11.9.